The maximum atomic E-state index is 11.3. The minimum absolute atomic E-state index is 0.0926. The van der Waals surface area contributed by atoms with Crippen molar-refractivity contribution in [2.45, 2.75) is 18.9 Å². The van der Waals surface area contributed by atoms with Gasteiger partial charge in [0, 0.05) is 19.6 Å². The molecular formula is C8H17N3O2. The van der Waals surface area contributed by atoms with Crippen molar-refractivity contribution in [3.8, 4) is 0 Å². The van der Waals surface area contributed by atoms with E-state index in [9.17, 15) is 9.90 Å². The Morgan fingerprint density at radius 1 is 1.69 bits per heavy atom. The predicted octanol–water partition coefficient (Wildman–Crippen LogP) is -0.889. The van der Waals surface area contributed by atoms with Gasteiger partial charge in [-0.3, -0.25) is 0 Å². The first-order valence-corrected chi connectivity index (χ1v) is 4.65. The number of rotatable bonds is 3. The Morgan fingerprint density at radius 3 is 3.00 bits per heavy atom. The molecule has 0 aromatic rings. The minimum Gasteiger partial charge on any atom is -0.391 e. The van der Waals surface area contributed by atoms with Gasteiger partial charge in [-0.1, -0.05) is 0 Å². The average molecular weight is 187 g/mol. The molecule has 1 aliphatic rings. The van der Waals surface area contributed by atoms with Crippen molar-refractivity contribution in [1.29, 1.82) is 0 Å². The smallest absolute Gasteiger partial charge is 0.317 e. The highest BCUT2D eigenvalue weighted by molar-refractivity contribution is 5.74. The zero-order chi connectivity index (χ0) is 9.68. The standard InChI is InChI=1S/C8H17N3O2/c9-3-1-4-10-8(13)11-5-2-7(12)6-11/h7,12H,1-6,9H2,(H,10,13). The normalized spacial score (nSPS) is 22.0. The number of aliphatic hydroxyl groups is 1. The summed E-state index contributed by atoms with van der Waals surface area (Å²) in [4.78, 5) is 13.0. The van der Waals surface area contributed by atoms with E-state index in [0.29, 0.717) is 32.6 Å². The van der Waals surface area contributed by atoms with E-state index in [-0.39, 0.29) is 12.1 Å². The van der Waals surface area contributed by atoms with Gasteiger partial charge in [0.1, 0.15) is 0 Å². The van der Waals surface area contributed by atoms with Crippen molar-refractivity contribution >= 4 is 6.03 Å². The summed E-state index contributed by atoms with van der Waals surface area (Å²) >= 11 is 0. The van der Waals surface area contributed by atoms with E-state index < -0.39 is 0 Å². The van der Waals surface area contributed by atoms with Crippen molar-refractivity contribution in [3.05, 3.63) is 0 Å². The molecule has 1 saturated heterocycles. The maximum absolute atomic E-state index is 11.3. The van der Waals surface area contributed by atoms with Crippen LogP contribution in [0.3, 0.4) is 0 Å². The summed E-state index contributed by atoms with van der Waals surface area (Å²) < 4.78 is 0. The van der Waals surface area contributed by atoms with E-state index in [1.807, 2.05) is 0 Å². The van der Waals surface area contributed by atoms with E-state index in [0.717, 1.165) is 6.42 Å². The van der Waals surface area contributed by atoms with Gasteiger partial charge in [-0.05, 0) is 19.4 Å². The van der Waals surface area contributed by atoms with Gasteiger partial charge >= 0.3 is 6.03 Å². The topological polar surface area (TPSA) is 78.6 Å². The number of hydrogen-bond acceptors (Lipinski definition) is 3. The Labute approximate surface area is 77.9 Å². The molecule has 0 bridgehead atoms. The third kappa shape index (κ3) is 3.20. The number of β-amino-alcohol motifs (C(OH)–C–C–N with tert-alkyl or cyclic N) is 1. The van der Waals surface area contributed by atoms with E-state index in [1.54, 1.807) is 4.90 Å². The quantitative estimate of drug-likeness (QED) is 0.502. The van der Waals surface area contributed by atoms with Gasteiger partial charge in [0.05, 0.1) is 6.10 Å². The van der Waals surface area contributed by atoms with Crippen LogP contribution >= 0.6 is 0 Å². The first-order valence-electron chi connectivity index (χ1n) is 4.65. The minimum atomic E-state index is -0.347. The van der Waals surface area contributed by atoms with Crippen LogP contribution in [-0.4, -0.2) is 48.3 Å². The number of nitrogens with two attached hydrogens (primary N) is 1. The zero-order valence-electron chi connectivity index (χ0n) is 7.70. The molecule has 4 N–H and O–H groups in total. The molecule has 1 heterocycles. The summed E-state index contributed by atoms with van der Waals surface area (Å²) in [5, 5.41) is 11.9. The SMILES string of the molecule is NCCCNC(=O)N1CCC(O)C1. The Morgan fingerprint density at radius 2 is 2.46 bits per heavy atom. The number of amides is 2. The molecule has 1 fully saturated rings. The van der Waals surface area contributed by atoms with Crippen LogP contribution in [0.4, 0.5) is 4.79 Å². The number of nitrogens with one attached hydrogen (secondary N) is 1. The summed E-state index contributed by atoms with van der Waals surface area (Å²) in [5.41, 5.74) is 5.29. The summed E-state index contributed by atoms with van der Waals surface area (Å²) in [6, 6.07) is -0.0926. The zero-order valence-corrected chi connectivity index (χ0v) is 7.70. The molecule has 0 radical (unpaired) electrons. The number of carbonyl (C=O) groups excluding carboxylic acids is 1. The lowest BCUT2D eigenvalue weighted by atomic mass is 10.3. The lowest BCUT2D eigenvalue weighted by Crippen LogP contribution is -2.39. The average Bonchev–Trinajstić information content (AvgIpc) is 2.52. The van der Waals surface area contributed by atoms with Crippen LogP contribution in [-0.2, 0) is 0 Å². The molecule has 1 rings (SSSR count). The van der Waals surface area contributed by atoms with Gasteiger partial charge in [0.15, 0.2) is 0 Å². The second kappa shape index (κ2) is 5.04. The third-order valence-corrected chi connectivity index (χ3v) is 2.11. The Kier molecular flexibility index (Phi) is 3.98. The van der Waals surface area contributed by atoms with Gasteiger partial charge in [-0.2, -0.15) is 0 Å². The van der Waals surface area contributed by atoms with Crippen molar-refractivity contribution in [2.75, 3.05) is 26.2 Å². The number of urea groups is 1. The highest BCUT2D eigenvalue weighted by Crippen LogP contribution is 2.07. The fourth-order valence-electron chi connectivity index (χ4n) is 1.34. The van der Waals surface area contributed by atoms with Crippen LogP contribution in [0.2, 0.25) is 0 Å². The molecule has 1 atom stereocenters. The number of aliphatic hydroxyl groups excluding tert-OH is 1. The molecule has 5 heteroatoms. The summed E-state index contributed by atoms with van der Waals surface area (Å²) in [6.07, 6.45) is 1.13. The summed E-state index contributed by atoms with van der Waals surface area (Å²) in [7, 11) is 0. The molecule has 5 nitrogen and oxygen atoms in total. The second-order valence-corrected chi connectivity index (χ2v) is 3.26. The van der Waals surface area contributed by atoms with Gasteiger partial charge in [-0.15, -0.1) is 0 Å². The third-order valence-electron chi connectivity index (χ3n) is 2.11. The van der Waals surface area contributed by atoms with Crippen molar-refractivity contribution in [1.82, 2.24) is 10.2 Å². The highest BCUT2D eigenvalue weighted by Gasteiger charge is 2.23. The number of carbonyl (C=O) groups is 1. The second-order valence-electron chi connectivity index (χ2n) is 3.26. The highest BCUT2D eigenvalue weighted by atomic mass is 16.3. The molecular weight excluding hydrogens is 170 g/mol. The van der Waals surface area contributed by atoms with Crippen molar-refractivity contribution < 1.29 is 9.90 Å². The fourth-order valence-corrected chi connectivity index (χ4v) is 1.34. The van der Waals surface area contributed by atoms with Crippen LogP contribution in [0.25, 0.3) is 0 Å². The maximum Gasteiger partial charge on any atom is 0.317 e. The van der Waals surface area contributed by atoms with Crippen LogP contribution in [0.1, 0.15) is 12.8 Å². The molecule has 1 unspecified atom stereocenters. The van der Waals surface area contributed by atoms with E-state index in [1.165, 1.54) is 0 Å². The van der Waals surface area contributed by atoms with Gasteiger partial charge in [0.25, 0.3) is 0 Å². The molecule has 0 aromatic carbocycles. The molecule has 0 saturated carbocycles. The molecule has 13 heavy (non-hydrogen) atoms. The Bertz CT molecular complexity index is 175. The Balaban J connectivity index is 2.16. The first-order chi connectivity index (χ1) is 6.24. The molecule has 2 amide bonds. The lowest BCUT2D eigenvalue weighted by Gasteiger charge is -2.15. The Hall–Kier alpha value is -0.810. The fraction of sp³-hybridized carbons (Fsp3) is 0.875. The first kappa shape index (κ1) is 10.3. The van der Waals surface area contributed by atoms with Crippen molar-refractivity contribution in [2.24, 2.45) is 5.73 Å². The number of nitrogens with zero attached hydrogens (tertiary/aromatic N) is 1. The molecule has 1 aliphatic heterocycles. The summed E-state index contributed by atoms with van der Waals surface area (Å²) in [6.45, 7) is 2.30. The van der Waals surface area contributed by atoms with E-state index >= 15 is 0 Å². The lowest BCUT2D eigenvalue weighted by molar-refractivity contribution is 0.172. The number of likely N-dealkylation sites (tertiary alicyclic amines) is 1. The van der Waals surface area contributed by atoms with Crippen LogP contribution in [0.5, 0.6) is 0 Å². The van der Waals surface area contributed by atoms with Gasteiger partial charge < -0.3 is 21.1 Å². The molecule has 0 spiro atoms. The van der Waals surface area contributed by atoms with E-state index in [2.05, 4.69) is 5.32 Å². The van der Waals surface area contributed by atoms with Crippen LogP contribution in [0, 0.1) is 0 Å². The number of hydrogen-bond donors (Lipinski definition) is 3. The molecule has 0 aromatic heterocycles. The molecule has 76 valence electrons. The predicted molar refractivity (Wildman–Crippen MR) is 49.3 cm³/mol. The van der Waals surface area contributed by atoms with Crippen LogP contribution < -0.4 is 11.1 Å². The monoisotopic (exact) mass is 187 g/mol. The van der Waals surface area contributed by atoms with Gasteiger partial charge in [0.2, 0.25) is 0 Å². The summed E-state index contributed by atoms with van der Waals surface area (Å²) in [5.74, 6) is 0. The van der Waals surface area contributed by atoms with E-state index in [4.69, 9.17) is 5.73 Å². The van der Waals surface area contributed by atoms with Crippen molar-refractivity contribution in [3.63, 3.8) is 0 Å². The van der Waals surface area contributed by atoms with Crippen LogP contribution in [0.15, 0.2) is 0 Å². The van der Waals surface area contributed by atoms with Gasteiger partial charge in [-0.25, -0.2) is 4.79 Å². The molecule has 0 aliphatic carbocycles. The largest absolute Gasteiger partial charge is 0.391 e.